The zero-order chi connectivity index (χ0) is 29.5. The lowest BCUT2D eigenvalue weighted by atomic mass is 9.85. The van der Waals surface area contributed by atoms with E-state index in [-0.39, 0.29) is 23.7 Å². The standard InChI is InChI=1S/C26H21F7N6O2/c27-20-16(23-34-8-14(9-35-23)22(29)30)7-13-4-5-39(25(41)18(13)21(20)28)11-12-2-1-3-15(6-12)37-17-10-36-38-24(40)19(17)26(31,32)33/h4-5,7-10,12,15,22H,1-3,6,11H2,(H2,37,38,40)/t12?,15-/m0/s1. The quantitative estimate of drug-likeness (QED) is 0.293. The molecular weight excluding hydrogens is 561 g/mol. The van der Waals surface area contributed by atoms with Crippen LogP contribution >= 0.6 is 0 Å². The van der Waals surface area contributed by atoms with Crippen molar-refractivity contribution in [1.82, 2.24) is 24.7 Å². The van der Waals surface area contributed by atoms with Gasteiger partial charge in [0.05, 0.1) is 28.4 Å². The predicted molar refractivity (Wildman–Crippen MR) is 133 cm³/mol. The minimum atomic E-state index is -4.90. The molecule has 0 amide bonds. The third-order valence-corrected chi connectivity index (χ3v) is 7.05. The van der Waals surface area contributed by atoms with Gasteiger partial charge in [0.15, 0.2) is 17.5 Å². The zero-order valence-electron chi connectivity index (χ0n) is 21.0. The number of halogens is 7. The molecule has 1 saturated carbocycles. The summed E-state index contributed by atoms with van der Waals surface area (Å²) in [5.74, 6) is -3.38. The van der Waals surface area contributed by atoms with Gasteiger partial charge < -0.3 is 9.88 Å². The summed E-state index contributed by atoms with van der Waals surface area (Å²) in [6, 6.07) is 2.10. The van der Waals surface area contributed by atoms with Crippen LogP contribution in [0.3, 0.4) is 0 Å². The minimum absolute atomic E-state index is 0.0475. The largest absolute Gasteiger partial charge is 0.423 e. The molecule has 216 valence electrons. The van der Waals surface area contributed by atoms with Crippen LogP contribution in [0.15, 0.2) is 46.5 Å². The molecule has 0 radical (unpaired) electrons. The fraction of sp³-hybridized carbons (Fsp3) is 0.346. The molecule has 1 aliphatic carbocycles. The van der Waals surface area contributed by atoms with Crippen molar-refractivity contribution in [3.05, 3.63) is 80.4 Å². The Hall–Kier alpha value is -4.30. The number of hydrogen-bond donors (Lipinski definition) is 2. The highest BCUT2D eigenvalue weighted by atomic mass is 19.4. The number of aromatic nitrogens is 5. The Labute approximate surface area is 226 Å². The average Bonchev–Trinajstić information content (AvgIpc) is 2.91. The lowest BCUT2D eigenvalue weighted by molar-refractivity contribution is -0.138. The third kappa shape index (κ3) is 5.65. The number of nitrogens with zero attached hydrogens (tertiary/aromatic N) is 4. The van der Waals surface area contributed by atoms with Crippen molar-refractivity contribution >= 4 is 16.5 Å². The second-order valence-electron chi connectivity index (χ2n) is 9.79. The van der Waals surface area contributed by atoms with Gasteiger partial charge in [-0.05, 0) is 42.7 Å². The molecule has 1 fully saturated rings. The van der Waals surface area contributed by atoms with Crippen LogP contribution in [0.4, 0.5) is 36.4 Å². The van der Waals surface area contributed by atoms with Crippen molar-refractivity contribution in [3.8, 4) is 11.4 Å². The fourth-order valence-electron chi connectivity index (χ4n) is 5.15. The molecule has 1 aromatic carbocycles. The second kappa shape index (κ2) is 10.9. The van der Waals surface area contributed by atoms with Gasteiger partial charge in [0.2, 0.25) is 0 Å². The molecule has 5 rings (SSSR count). The summed E-state index contributed by atoms with van der Waals surface area (Å²) in [5.41, 5.74) is -4.90. The van der Waals surface area contributed by atoms with Crippen LogP contribution < -0.4 is 16.4 Å². The molecule has 2 atom stereocenters. The van der Waals surface area contributed by atoms with Gasteiger partial charge in [-0.2, -0.15) is 18.3 Å². The van der Waals surface area contributed by atoms with E-state index in [1.54, 1.807) is 5.10 Å². The molecule has 1 unspecified atom stereocenters. The summed E-state index contributed by atoms with van der Waals surface area (Å²) in [4.78, 5) is 32.3. The van der Waals surface area contributed by atoms with E-state index in [2.05, 4.69) is 20.4 Å². The Morgan fingerprint density at radius 2 is 1.80 bits per heavy atom. The molecule has 0 saturated heterocycles. The Balaban J connectivity index is 1.38. The predicted octanol–water partition coefficient (Wildman–Crippen LogP) is 5.45. The van der Waals surface area contributed by atoms with Crippen LogP contribution in [0.1, 0.15) is 43.2 Å². The van der Waals surface area contributed by atoms with Crippen molar-refractivity contribution in [1.29, 1.82) is 0 Å². The Morgan fingerprint density at radius 1 is 1.07 bits per heavy atom. The van der Waals surface area contributed by atoms with Crippen LogP contribution in [0.25, 0.3) is 22.2 Å². The first-order valence-corrected chi connectivity index (χ1v) is 12.5. The van der Waals surface area contributed by atoms with Crippen LogP contribution in [0, 0.1) is 17.6 Å². The van der Waals surface area contributed by atoms with E-state index < -0.39 is 69.2 Å². The molecule has 2 N–H and O–H groups in total. The summed E-state index contributed by atoms with van der Waals surface area (Å²) < 4.78 is 97.1. The molecular formula is C26H21F7N6O2. The maximum Gasteiger partial charge on any atom is 0.423 e. The normalized spacial score (nSPS) is 17.8. The van der Waals surface area contributed by atoms with E-state index in [1.807, 2.05) is 0 Å². The van der Waals surface area contributed by atoms with E-state index >= 15 is 4.39 Å². The van der Waals surface area contributed by atoms with Gasteiger partial charge in [-0.3, -0.25) is 9.59 Å². The van der Waals surface area contributed by atoms with Crippen molar-refractivity contribution < 1.29 is 30.7 Å². The summed E-state index contributed by atoms with van der Waals surface area (Å²) in [6.45, 7) is 0.0910. The lowest BCUT2D eigenvalue weighted by Crippen LogP contribution is -2.33. The van der Waals surface area contributed by atoms with Crippen molar-refractivity contribution in [2.24, 2.45) is 5.92 Å². The maximum absolute atomic E-state index is 15.1. The van der Waals surface area contributed by atoms with Gasteiger partial charge in [0, 0.05) is 31.2 Å². The Kier molecular flexibility index (Phi) is 7.53. The second-order valence-corrected chi connectivity index (χ2v) is 9.79. The highest BCUT2D eigenvalue weighted by Crippen LogP contribution is 2.34. The topological polar surface area (TPSA) is 106 Å². The summed E-state index contributed by atoms with van der Waals surface area (Å²) in [6.07, 6.45) is -1.75. The first-order valence-electron chi connectivity index (χ1n) is 12.5. The molecule has 3 heterocycles. The molecule has 4 aromatic rings. The van der Waals surface area contributed by atoms with Crippen LogP contribution in [-0.4, -0.2) is 30.8 Å². The molecule has 15 heteroatoms. The van der Waals surface area contributed by atoms with Crippen molar-refractivity contribution in [2.75, 3.05) is 5.32 Å². The highest BCUT2D eigenvalue weighted by molar-refractivity contribution is 5.86. The molecule has 3 aromatic heterocycles. The number of alkyl halides is 5. The van der Waals surface area contributed by atoms with Gasteiger partial charge in [0.1, 0.15) is 5.56 Å². The monoisotopic (exact) mass is 582 g/mol. The number of pyridine rings is 1. The van der Waals surface area contributed by atoms with Crippen LogP contribution in [-0.2, 0) is 12.7 Å². The van der Waals surface area contributed by atoms with E-state index in [9.17, 15) is 35.9 Å². The smallest absolute Gasteiger partial charge is 0.380 e. The number of benzene rings is 1. The maximum atomic E-state index is 15.1. The minimum Gasteiger partial charge on any atom is -0.380 e. The average molecular weight is 582 g/mol. The molecule has 0 spiro atoms. The number of fused-ring (bicyclic) bond motifs is 1. The highest BCUT2D eigenvalue weighted by Gasteiger charge is 2.38. The van der Waals surface area contributed by atoms with Gasteiger partial charge >= 0.3 is 6.18 Å². The molecule has 0 aliphatic heterocycles. The van der Waals surface area contributed by atoms with E-state index in [1.165, 1.54) is 16.8 Å². The molecule has 8 nitrogen and oxygen atoms in total. The zero-order valence-corrected chi connectivity index (χ0v) is 21.0. The molecule has 1 aliphatic rings. The number of H-pyrrole nitrogens is 1. The van der Waals surface area contributed by atoms with E-state index in [0.717, 1.165) is 24.7 Å². The van der Waals surface area contributed by atoms with E-state index in [0.29, 0.717) is 25.7 Å². The van der Waals surface area contributed by atoms with Crippen molar-refractivity contribution in [2.45, 2.75) is 50.9 Å². The van der Waals surface area contributed by atoms with Gasteiger partial charge in [-0.25, -0.2) is 32.6 Å². The van der Waals surface area contributed by atoms with Crippen molar-refractivity contribution in [3.63, 3.8) is 0 Å². The third-order valence-electron chi connectivity index (χ3n) is 7.05. The number of anilines is 1. The molecule has 41 heavy (non-hydrogen) atoms. The summed E-state index contributed by atoms with van der Waals surface area (Å²) in [7, 11) is 0. The fourth-order valence-corrected chi connectivity index (χ4v) is 5.15. The first-order chi connectivity index (χ1) is 19.4. The number of nitrogens with one attached hydrogen (secondary N) is 2. The van der Waals surface area contributed by atoms with Gasteiger partial charge in [-0.1, -0.05) is 6.42 Å². The van der Waals surface area contributed by atoms with Gasteiger partial charge in [-0.15, -0.1) is 0 Å². The van der Waals surface area contributed by atoms with E-state index in [4.69, 9.17) is 0 Å². The summed E-state index contributed by atoms with van der Waals surface area (Å²) >= 11 is 0. The van der Waals surface area contributed by atoms with Gasteiger partial charge in [0.25, 0.3) is 17.5 Å². The summed E-state index contributed by atoms with van der Waals surface area (Å²) in [5, 5.41) is 7.51. The molecule has 0 bridgehead atoms. The number of hydrogen-bond acceptors (Lipinski definition) is 6. The Morgan fingerprint density at radius 3 is 2.49 bits per heavy atom. The first kappa shape index (κ1) is 28.2. The van der Waals surface area contributed by atoms with Crippen LogP contribution in [0.5, 0.6) is 0 Å². The lowest BCUT2D eigenvalue weighted by Gasteiger charge is -2.31. The number of aromatic amines is 1. The number of rotatable bonds is 6. The SMILES string of the molecule is O=c1[nH]ncc(N[C@H]2CCCC(Cn3ccc4cc(-c5ncc(C(F)F)cn5)c(F)c(F)c4c3=O)C2)c1C(F)(F)F. The Bertz CT molecular complexity index is 1700. The van der Waals surface area contributed by atoms with Crippen LogP contribution in [0.2, 0.25) is 0 Å².